The van der Waals surface area contributed by atoms with Crippen molar-refractivity contribution < 1.29 is 37.3 Å². The Labute approximate surface area is 290 Å². The Bertz CT molecular complexity index is 1680. The van der Waals surface area contributed by atoms with Crippen molar-refractivity contribution in [2.24, 2.45) is 5.92 Å². The Morgan fingerprint density at radius 3 is 2.49 bits per heavy atom. The highest BCUT2D eigenvalue weighted by Crippen LogP contribution is 2.33. The average Bonchev–Trinajstić information content (AvgIpc) is 3.54. The molecule has 3 aromatic carbocycles. The average molecular weight is 696 g/mol. The van der Waals surface area contributed by atoms with E-state index in [9.17, 15) is 18.3 Å². The van der Waals surface area contributed by atoms with Crippen LogP contribution in [0.3, 0.4) is 0 Å². The van der Waals surface area contributed by atoms with Crippen molar-refractivity contribution in [2.45, 2.75) is 76.6 Å². The normalized spacial score (nSPS) is 21.1. The molecule has 1 amide bonds. The Morgan fingerprint density at radius 2 is 1.73 bits per heavy atom. The van der Waals surface area contributed by atoms with E-state index in [4.69, 9.17) is 18.9 Å². The fourth-order valence-corrected chi connectivity index (χ4v) is 7.15. The Hall–Kier alpha value is -3.84. The van der Waals surface area contributed by atoms with E-state index in [0.717, 1.165) is 41.9 Å². The predicted molar refractivity (Wildman–Crippen MR) is 188 cm³/mol. The number of likely N-dealkylation sites (N-methyl/N-ethyl adjacent to an activating group) is 1. The summed E-state index contributed by atoms with van der Waals surface area (Å²) in [5, 5.41) is 10.3. The fraction of sp³-hybridized carbons (Fsp3) is 0.486. The van der Waals surface area contributed by atoms with Crippen LogP contribution in [0, 0.1) is 12.8 Å². The molecule has 11 nitrogen and oxygen atoms in total. The number of anilines is 1. The number of sulfonamides is 1. The molecule has 2 heterocycles. The summed E-state index contributed by atoms with van der Waals surface area (Å²) in [6.07, 6.45) is 2.07. The van der Waals surface area contributed by atoms with Crippen LogP contribution >= 0.6 is 0 Å². The molecule has 266 valence electrons. The molecule has 0 unspecified atom stereocenters. The summed E-state index contributed by atoms with van der Waals surface area (Å²) in [6, 6.07) is 16.8. The maximum absolute atomic E-state index is 14.4. The van der Waals surface area contributed by atoms with E-state index in [1.807, 2.05) is 39.1 Å². The SMILES string of the molecule is Cc1ccc(S(=O)(=O)Nc2ccc3c(c2)C(=O)N([C@@H](C)CO)C[C@@H](C)[C@H](CN(C)Cc2ccc4c(c2)OCO4)OCCCC[C@@H](C)O3)cc1. The molecule has 5 rings (SSSR count). The first-order valence-corrected chi connectivity index (χ1v) is 18.4. The highest BCUT2D eigenvalue weighted by Gasteiger charge is 2.31. The van der Waals surface area contributed by atoms with Gasteiger partial charge in [0.1, 0.15) is 5.75 Å². The van der Waals surface area contributed by atoms with Crippen LogP contribution < -0.4 is 18.9 Å². The van der Waals surface area contributed by atoms with Crippen LogP contribution in [0.5, 0.6) is 17.2 Å². The van der Waals surface area contributed by atoms with Crippen molar-refractivity contribution in [3.05, 3.63) is 77.4 Å². The van der Waals surface area contributed by atoms with Gasteiger partial charge in [-0.1, -0.05) is 30.7 Å². The van der Waals surface area contributed by atoms with Gasteiger partial charge in [-0.3, -0.25) is 14.4 Å². The lowest BCUT2D eigenvalue weighted by Gasteiger charge is -2.36. The molecule has 0 fully saturated rings. The first-order chi connectivity index (χ1) is 23.4. The second kappa shape index (κ2) is 16.2. The topological polar surface area (TPSA) is 127 Å². The molecule has 0 bridgehead atoms. The largest absolute Gasteiger partial charge is 0.490 e. The summed E-state index contributed by atoms with van der Waals surface area (Å²) < 4.78 is 52.9. The van der Waals surface area contributed by atoms with Crippen molar-refractivity contribution >= 4 is 21.6 Å². The highest BCUT2D eigenvalue weighted by atomic mass is 32.2. The first kappa shape index (κ1) is 36.4. The Balaban J connectivity index is 1.40. The van der Waals surface area contributed by atoms with Crippen LogP contribution in [0.2, 0.25) is 0 Å². The van der Waals surface area contributed by atoms with Crippen LogP contribution in [-0.2, 0) is 21.3 Å². The lowest BCUT2D eigenvalue weighted by Crippen LogP contribution is -2.47. The molecule has 3 aromatic rings. The standard InChI is InChI=1S/C37H49N3O8S/c1-25-9-13-31(14-10-25)49(43,44)38-30-12-16-33-32(19-30)37(42)40(27(3)23-41)20-26(2)36(45-17-7-6-8-28(4)48-33)22-39(5)21-29-11-15-34-35(18-29)47-24-46-34/h9-16,18-19,26-28,36,38,41H,6-8,17,20-24H2,1-5H3/t26-,27+,28-,36+/m1/s1. The molecule has 0 radical (unpaired) electrons. The van der Waals surface area contributed by atoms with Gasteiger partial charge in [0.05, 0.1) is 35.3 Å². The molecule has 2 N–H and O–H groups in total. The molecule has 2 aliphatic rings. The number of nitrogens with one attached hydrogen (secondary N) is 1. The molecular formula is C37H49N3O8S. The molecule has 12 heteroatoms. The van der Waals surface area contributed by atoms with Crippen molar-refractivity contribution in [1.29, 1.82) is 0 Å². The van der Waals surface area contributed by atoms with E-state index in [1.165, 1.54) is 6.07 Å². The number of ether oxygens (including phenoxy) is 4. The van der Waals surface area contributed by atoms with Crippen LogP contribution in [-0.4, -0.2) is 87.6 Å². The van der Waals surface area contributed by atoms with Crippen molar-refractivity contribution in [3.63, 3.8) is 0 Å². The number of aryl methyl sites for hydroxylation is 1. The number of hydrogen-bond donors (Lipinski definition) is 2. The number of amides is 1. The number of benzene rings is 3. The van der Waals surface area contributed by atoms with E-state index >= 15 is 0 Å². The summed E-state index contributed by atoms with van der Waals surface area (Å²) in [4.78, 5) is 18.4. The zero-order valence-corrected chi connectivity index (χ0v) is 29.9. The minimum Gasteiger partial charge on any atom is -0.490 e. The molecule has 0 spiro atoms. The van der Waals surface area contributed by atoms with Gasteiger partial charge < -0.3 is 29.0 Å². The summed E-state index contributed by atoms with van der Waals surface area (Å²) in [5.74, 6) is 1.38. The smallest absolute Gasteiger partial charge is 0.261 e. The molecule has 0 aliphatic carbocycles. The molecule has 0 saturated carbocycles. The number of aliphatic hydroxyl groups is 1. The van der Waals surface area contributed by atoms with Gasteiger partial charge >= 0.3 is 0 Å². The van der Waals surface area contributed by atoms with Gasteiger partial charge in [0, 0.05) is 37.8 Å². The third-order valence-electron chi connectivity index (χ3n) is 9.02. The maximum atomic E-state index is 14.4. The Morgan fingerprint density at radius 1 is 1.00 bits per heavy atom. The lowest BCUT2D eigenvalue weighted by molar-refractivity contribution is -0.0177. The monoisotopic (exact) mass is 695 g/mol. The molecule has 2 aliphatic heterocycles. The summed E-state index contributed by atoms with van der Waals surface area (Å²) in [5.41, 5.74) is 2.49. The molecule has 49 heavy (non-hydrogen) atoms. The van der Waals surface area contributed by atoms with E-state index in [1.54, 1.807) is 48.2 Å². The minimum absolute atomic E-state index is 0.105. The molecular weight excluding hydrogens is 646 g/mol. The third-order valence-corrected chi connectivity index (χ3v) is 10.4. The van der Waals surface area contributed by atoms with E-state index < -0.39 is 16.1 Å². The zero-order chi connectivity index (χ0) is 35.1. The number of hydrogen-bond acceptors (Lipinski definition) is 9. The summed E-state index contributed by atoms with van der Waals surface area (Å²) in [7, 11) is -1.87. The van der Waals surface area contributed by atoms with Gasteiger partial charge in [-0.15, -0.1) is 0 Å². The van der Waals surface area contributed by atoms with E-state index in [0.29, 0.717) is 32.0 Å². The van der Waals surface area contributed by atoms with E-state index in [2.05, 4.69) is 16.5 Å². The summed E-state index contributed by atoms with van der Waals surface area (Å²) in [6.45, 7) is 9.83. The fourth-order valence-electron chi connectivity index (χ4n) is 6.10. The molecule has 0 aromatic heterocycles. The minimum atomic E-state index is -3.91. The number of carbonyl (C=O) groups excluding carboxylic acids is 1. The van der Waals surface area contributed by atoms with Crippen LogP contribution in [0.4, 0.5) is 5.69 Å². The second-order valence-corrected chi connectivity index (χ2v) is 15.0. The first-order valence-electron chi connectivity index (χ1n) is 16.9. The quantitative estimate of drug-likeness (QED) is 0.301. The number of aliphatic hydroxyl groups excluding tert-OH is 1. The summed E-state index contributed by atoms with van der Waals surface area (Å²) >= 11 is 0. The van der Waals surface area contributed by atoms with E-state index in [-0.39, 0.29) is 53.6 Å². The van der Waals surface area contributed by atoms with Crippen LogP contribution in [0.25, 0.3) is 0 Å². The van der Waals surface area contributed by atoms with Gasteiger partial charge in [-0.25, -0.2) is 8.42 Å². The number of fused-ring (bicyclic) bond motifs is 2. The van der Waals surface area contributed by atoms with Gasteiger partial charge in [-0.2, -0.15) is 0 Å². The van der Waals surface area contributed by atoms with Crippen LogP contribution in [0.1, 0.15) is 61.5 Å². The Kier molecular flexibility index (Phi) is 12.1. The predicted octanol–water partition coefficient (Wildman–Crippen LogP) is 5.45. The zero-order valence-electron chi connectivity index (χ0n) is 29.1. The number of carbonyl (C=O) groups is 1. The molecule has 4 atom stereocenters. The van der Waals surface area contributed by atoms with Gasteiger partial charge in [0.15, 0.2) is 11.5 Å². The number of nitrogens with zero attached hydrogens (tertiary/aromatic N) is 2. The number of rotatable bonds is 9. The van der Waals surface area contributed by atoms with Crippen LogP contribution in [0.15, 0.2) is 65.6 Å². The van der Waals surface area contributed by atoms with Gasteiger partial charge in [0.25, 0.3) is 15.9 Å². The highest BCUT2D eigenvalue weighted by molar-refractivity contribution is 7.92. The third kappa shape index (κ3) is 9.45. The van der Waals surface area contributed by atoms with Crippen molar-refractivity contribution in [1.82, 2.24) is 9.80 Å². The van der Waals surface area contributed by atoms with Crippen molar-refractivity contribution in [2.75, 3.05) is 44.9 Å². The second-order valence-electron chi connectivity index (χ2n) is 13.3. The van der Waals surface area contributed by atoms with Gasteiger partial charge in [0.2, 0.25) is 6.79 Å². The van der Waals surface area contributed by atoms with Gasteiger partial charge in [-0.05, 0) is 95.1 Å². The van der Waals surface area contributed by atoms with Crippen molar-refractivity contribution in [3.8, 4) is 17.2 Å². The molecule has 0 saturated heterocycles. The lowest BCUT2D eigenvalue weighted by atomic mass is 10.0. The maximum Gasteiger partial charge on any atom is 0.261 e.